The van der Waals surface area contributed by atoms with Crippen molar-refractivity contribution < 1.29 is 13.9 Å². The monoisotopic (exact) mass is 377 g/mol. The third kappa shape index (κ3) is 3.40. The van der Waals surface area contributed by atoms with E-state index >= 15 is 0 Å². The first-order valence-corrected chi connectivity index (χ1v) is 9.51. The molecule has 0 fully saturated rings. The second-order valence-electron chi connectivity index (χ2n) is 7.47. The Morgan fingerprint density at radius 3 is 2.54 bits per heavy atom. The summed E-state index contributed by atoms with van der Waals surface area (Å²) in [5.41, 5.74) is 6.14. The Hall–Kier alpha value is -3.08. The maximum atomic E-state index is 12.3. The van der Waals surface area contributed by atoms with Gasteiger partial charge in [0.25, 0.3) is 5.91 Å². The fraction of sp³-hybridized carbons (Fsp3) is 0.304. The molecule has 3 aromatic rings. The molecule has 5 nitrogen and oxygen atoms in total. The standard InChI is InChI=1S/C23H23NO4/c1-13-9-14(2)22(15(3)10-13)24-21(25)12-27-16-7-8-18-17-5-4-6-19(17)23(26)28-20(18)11-16/h7-11H,4-6,12H2,1-3H3,(H,24,25). The molecule has 4 rings (SSSR count). The number of hydrogen-bond acceptors (Lipinski definition) is 4. The lowest BCUT2D eigenvalue weighted by Crippen LogP contribution is -2.21. The first kappa shape index (κ1) is 18.3. The molecule has 0 spiro atoms. The van der Waals surface area contributed by atoms with Crippen LogP contribution in [0, 0.1) is 20.8 Å². The second kappa shape index (κ2) is 7.15. The number of anilines is 1. The lowest BCUT2D eigenvalue weighted by atomic mass is 10.1. The number of nitrogens with one attached hydrogen (secondary N) is 1. The number of aryl methyl sites for hydroxylation is 4. The van der Waals surface area contributed by atoms with Gasteiger partial charge in [0.15, 0.2) is 6.61 Å². The molecule has 1 aliphatic rings. The Morgan fingerprint density at radius 1 is 1.07 bits per heavy atom. The van der Waals surface area contributed by atoms with Crippen LogP contribution in [0.15, 0.2) is 39.5 Å². The smallest absolute Gasteiger partial charge is 0.339 e. The lowest BCUT2D eigenvalue weighted by molar-refractivity contribution is -0.118. The van der Waals surface area contributed by atoms with E-state index in [1.54, 1.807) is 6.07 Å². The van der Waals surface area contributed by atoms with Crippen LogP contribution in [0.1, 0.15) is 34.2 Å². The predicted octanol–water partition coefficient (Wildman–Crippen LogP) is 4.22. The average Bonchev–Trinajstić information content (AvgIpc) is 3.13. The van der Waals surface area contributed by atoms with Crippen molar-refractivity contribution in [3.63, 3.8) is 0 Å². The lowest BCUT2D eigenvalue weighted by Gasteiger charge is -2.13. The van der Waals surface area contributed by atoms with Crippen molar-refractivity contribution in [2.75, 3.05) is 11.9 Å². The summed E-state index contributed by atoms with van der Waals surface area (Å²) in [6, 6.07) is 9.48. The summed E-state index contributed by atoms with van der Waals surface area (Å²) in [4.78, 5) is 24.5. The fourth-order valence-corrected chi connectivity index (χ4v) is 4.06. The van der Waals surface area contributed by atoms with Crippen molar-refractivity contribution in [3.8, 4) is 5.75 Å². The molecule has 144 valence electrons. The highest BCUT2D eigenvalue weighted by molar-refractivity contribution is 5.93. The fourth-order valence-electron chi connectivity index (χ4n) is 4.06. The Bertz CT molecular complexity index is 1120. The number of fused-ring (bicyclic) bond motifs is 3. The van der Waals surface area contributed by atoms with Crippen molar-refractivity contribution >= 4 is 22.6 Å². The molecule has 28 heavy (non-hydrogen) atoms. The molecule has 2 aromatic carbocycles. The van der Waals surface area contributed by atoms with Crippen molar-refractivity contribution in [2.45, 2.75) is 40.0 Å². The molecule has 1 aliphatic carbocycles. The van der Waals surface area contributed by atoms with Crippen molar-refractivity contribution in [2.24, 2.45) is 0 Å². The summed E-state index contributed by atoms with van der Waals surface area (Å²) in [6.45, 7) is 5.86. The van der Waals surface area contributed by atoms with Gasteiger partial charge in [-0.1, -0.05) is 17.7 Å². The molecule has 0 saturated heterocycles. The van der Waals surface area contributed by atoms with E-state index in [-0.39, 0.29) is 18.1 Å². The minimum absolute atomic E-state index is 0.118. The maximum absolute atomic E-state index is 12.3. The Labute approximate surface area is 163 Å². The van der Waals surface area contributed by atoms with Gasteiger partial charge >= 0.3 is 5.63 Å². The van der Waals surface area contributed by atoms with E-state index in [1.165, 1.54) is 0 Å². The van der Waals surface area contributed by atoms with Crippen LogP contribution in [-0.4, -0.2) is 12.5 Å². The largest absolute Gasteiger partial charge is 0.484 e. The quantitative estimate of drug-likeness (QED) is 0.691. The van der Waals surface area contributed by atoms with Gasteiger partial charge in [-0.3, -0.25) is 4.79 Å². The molecule has 0 unspecified atom stereocenters. The summed E-state index contributed by atoms with van der Waals surface area (Å²) in [6.07, 6.45) is 2.66. The van der Waals surface area contributed by atoms with Gasteiger partial charge in [0.05, 0.1) is 0 Å². The van der Waals surface area contributed by atoms with Gasteiger partial charge in [-0.05, 0) is 68.9 Å². The molecule has 0 atom stereocenters. The molecule has 1 aromatic heterocycles. The summed E-state index contributed by atoms with van der Waals surface area (Å²) in [5, 5.41) is 3.87. The summed E-state index contributed by atoms with van der Waals surface area (Å²) >= 11 is 0. The molecular formula is C23H23NO4. The van der Waals surface area contributed by atoms with E-state index in [0.29, 0.717) is 11.3 Å². The first-order chi connectivity index (χ1) is 13.4. The van der Waals surface area contributed by atoms with Gasteiger partial charge in [0, 0.05) is 22.7 Å². The van der Waals surface area contributed by atoms with E-state index < -0.39 is 0 Å². The highest BCUT2D eigenvalue weighted by Crippen LogP contribution is 2.29. The van der Waals surface area contributed by atoms with Crippen LogP contribution in [-0.2, 0) is 17.6 Å². The zero-order chi connectivity index (χ0) is 19.8. The molecule has 1 N–H and O–H groups in total. The second-order valence-corrected chi connectivity index (χ2v) is 7.47. The molecule has 1 heterocycles. The van der Waals surface area contributed by atoms with Gasteiger partial charge in [0.2, 0.25) is 0 Å². The van der Waals surface area contributed by atoms with Crippen molar-refractivity contribution in [3.05, 3.63) is 68.6 Å². The summed E-state index contributed by atoms with van der Waals surface area (Å²) in [5.74, 6) is 0.270. The third-order valence-electron chi connectivity index (χ3n) is 5.26. The van der Waals surface area contributed by atoms with Gasteiger partial charge in [-0.25, -0.2) is 4.79 Å². The van der Waals surface area contributed by atoms with E-state index in [2.05, 4.69) is 5.32 Å². The van der Waals surface area contributed by atoms with Gasteiger partial charge in [0.1, 0.15) is 11.3 Å². The first-order valence-electron chi connectivity index (χ1n) is 9.51. The number of benzene rings is 2. The zero-order valence-corrected chi connectivity index (χ0v) is 16.3. The van der Waals surface area contributed by atoms with Crippen LogP contribution in [0.4, 0.5) is 5.69 Å². The van der Waals surface area contributed by atoms with E-state index in [4.69, 9.17) is 9.15 Å². The minimum Gasteiger partial charge on any atom is -0.484 e. The topological polar surface area (TPSA) is 68.5 Å². The number of amides is 1. The van der Waals surface area contributed by atoms with Crippen LogP contribution < -0.4 is 15.7 Å². The predicted molar refractivity (Wildman–Crippen MR) is 109 cm³/mol. The summed E-state index contributed by atoms with van der Waals surface area (Å²) in [7, 11) is 0. The normalized spacial score (nSPS) is 12.8. The minimum atomic E-state index is -0.264. The number of ether oxygens (including phenoxy) is 1. The van der Waals surface area contributed by atoms with Crippen molar-refractivity contribution in [1.29, 1.82) is 0 Å². The zero-order valence-electron chi connectivity index (χ0n) is 16.3. The van der Waals surface area contributed by atoms with E-state index in [1.807, 2.05) is 45.0 Å². The molecule has 0 radical (unpaired) electrons. The SMILES string of the molecule is Cc1cc(C)c(NC(=O)COc2ccc3c4c(c(=O)oc3c2)CCC4)c(C)c1. The highest BCUT2D eigenvalue weighted by atomic mass is 16.5. The third-order valence-corrected chi connectivity index (χ3v) is 5.26. The Morgan fingerprint density at radius 2 is 1.79 bits per heavy atom. The molecule has 1 amide bonds. The van der Waals surface area contributed by atoms with Crippen LogP contribution in [0.2, 0.25) is 0 Å². The highest BCUT2D eigenvalue weighted by Gasteiger charge is 2.19. The molecule has 0 aliphatic heterocycles. The molecule has 0 saturated carbocycles. The van der Waals surface area contributed by atoms with Crippen LogP contribution in [0.5, 0.6) is 5.75 Å². The number of rotatable bonds is 4. The van der Waals surface area contributed by atoms with Crippen molar-refractivity contribution in [1.82, 2.24) is 0 Å². The summed E-state index contributed by atoms with van der Waals surface area (Å²) < 4.78 is 11.1. The van der Waals surface area contributed by atoms with Gasteiger partial charge in [-0.15, -0.1) is 0 Å². The van der Waals surface area contributed by atoms with E-state index in [9.17, 15) is 9.59 Å². The van der Waals surface area contributed by atoms with Crippen LogP contribution in [0.25, 0.3) is 11.0 Å². The number of carbonyl (C=O) groups excluding carboxylic acids is 1. The van der Waals surface area contributed by atoms with Crippen LogP contribution >= 0.6 is 0 Å². The maximum Gasteiger partial charge on any atom is 0.339 e. The van der Waals surface area contributed by atoms with Crippen LogP contribution in [0.3, 0.4) is 0 Å². The number of hydrogen-bond donors (Lipinski definition) is 1. The average molecular weight is 377 g/mol. The Kier molecular flexibility index (Phi) is 4.67. The molecule has 0 bridgehead atoms. The van der Waals surface area contributed by atoms with E-state index in [0.717, 1.165) is 58.2 Å². The van der Waals surface area contributed by atoms with Gasteiger partial charge < -0.3 is 14.5 Å². The number of carbonyl (C=O) groups is 1. The molecule has 5 heteroatoms. The molecular weight excluding hydrogens is 354 g/mol. The van der Waals surface area contributed by atoms with Gasteiger partial charge in [-0.2, -0.15) is 0 Å². The Balaban J connectivity index is 1.49.